The van der Waals surface area contributed by atoms with E-state index in [1.54, 1.807) is 25.1 Å². The van der Waals surface area contributed by atoms with Crippen LogP contribution < -0.4 is 18.4 Å². The summed E-state index contributed by atoms with van der Waals surface area (Å²) in [5.74, 6) is 0.909. The number of hydrogen-bond donors (Lipinski definition) is 0. The summed E-state index contributed by atoms with van der Waals surface area (Å²) >= 11 is 0.824. The minimum absolute atomic E-state index is 0.0106. The van der Waals surface area contributed by atoms with Crippen LogP contribution in [-0.4, -0.2) is 51.3 Å². The van der Waals surface area contributed by atoms with Crippen molar-refractivity contribution in [1.29, 1.82) is 0 Å². The Hall–Kier alpha value is -4.48. The smallest absolute Gasteiger partial charge is 0.339 e. The van der Waals surface area contributed by atoms with Crippen LogP contribution in [0, 0.1) is 0 Å². The lowest BCUT2D eigenvalue weighted by Gasteiger charge is -2.14. The Balaban J connectivity index is 1.28. The first-order valence-corrected chi connectivity index (χ1v) is 15.2. The van der Waals surface area contributed by atoms with Crippen molar-refractivity contribution in [2.45, 2.75) is 11.8 Å². The lowest BCUT2D eigenvalue weighted by Crippen LogP contribution is -2.32. The lowest BCUT2D eigenvalue weighted by atomic mass is 10.1. The van der Waals surface area contributed by atoms with E-state index in [-0.39, 0.29) is 41.1 Å². The number of imide groups is 1. The fraction of sp³-hybridized carbons (Fsp3) is 0.161. The van der Waals surface area contributed by atoms with E-state index >= 15 is 0 Å². The number of benzene rings is 4. The van der Waals surface area contributed by atoms with Gasteiger partial charge in [0.1, 0.15) is 23.0 Å². The van der Waals surface area contributed by atoms with Gasteiger partial charge in [-0.2, -0.15) is 8.42 Å². The molecule has 216 valence electrons. The standard InChI is InChI=1S/C31H27NO8S2/c1-3-38-28-19-21(11-16-27(28)40-42(35,36)24-14-12-23(37-2)13-15-24)20-29-30(33)32(31(34)41-29)17-18-39-26-10-6-8-22-7-4-5-9-25(22)26/h4-16,19-20H,3,17-18H2,1-2H3/b29-20-. The Labute approximate surface area is 247 Å². The highest BCUT2D eigenvalue weighted by Gasteiger charge is 2.35. The maximum Gasteiger partial charge on any atom is 0.339 e. The molecule has 42 heavy (non-hydrogen) atoms. The molecule has 1 saturated heterocycles. The van der Waals surface area contributed by atoms with E-state index in [1.807, 2.05) is 42.5 Å². The van der Waals surface area contributed by atoms with Crippen LogP contribution in [0.2, 0.25) is 0 Å². The summed E-state index contributed by atoms with van der Waals surface area (Å²) < 4.78 is 47.7. The van der Waals surface area contributed by atoms with Crippen LogP contribution in [0.15, 0.2) is 94.7 Å². The number of carbonyl (C=O) groups excluding carboxylic acids is 2. The van der Waals surface area contributed by atoms with E-state index in [1.165, 1.54) is 37.4 Å². The van der Waals surface area contributed by atoms with Crippen LogP contribution >= 0.6 is 11.8 Å². The number of carbonyl (C=O) groups is 2. The van der Waals surface area contributed by atoms with Gasteiger partial charge in [0.15, 0.2) is 11.5 Å². The summed E-state index contributed by atoms with van der Waals surface area (Å²) in [5, 5.41) is 1.58. The molecule has 0 radical (unpaired) electrons. The normalized spacial score (nSPS) is 14.4. The molecule has 0 bridgehead atoms. The van der Waals surface area contributed by atoms with Gasteiger partial charge in [-0.25, -0.2) is 0 Å². The zero-order valence-corrected chi connectivity index (χ0v) is 24.4. The second kappa shape index (κ2) is 12.6. The van der Waals surface area contributed by atoms with Crippen molar-refractivity contribution in [3.8, 4) is 23.0 Å². The predicted octanol–water partition coefficient (Wildman–Crippen LogP) is 6.13. The largest absolute Gasteiger partial charge is 0.497 e. The highest BCUT2D eigenvalue weighted by Crippen LogP contribution is 2.36. The highest BCUT2D eigenvalue weighted by molar-refractivity contribution is 8.18. The van der Waals surface area contributed by atoms with Crippen LogP contribution in [0.25, 0.3) is 16.8 Å². The zero-order valence-electron chi connectivity index (χ0n) is 22.8. The highest BCUT2D eigenvalue weighted by atomic mass is 32.2. The molecule has 0 atom stereocenters. The summed E-state index contributed by atoms with van der Waals surface area (Å²) in [6, 6.07) is 23.9. The maximum atomic E-state index is 13.1. The van der Waals surface area contributed by atoms with Gasteiger partial charge in [-0.3, -0.25) is 14.5 Å². The van der Waals surface area contributed by atoms with Gasteiger partial charge in [-0.05, 0) is 78.2 Å². The first kappa shape index (κ1) is 29.0. The van der Waals surface area contributed by atoms with Crippen molar-refractivity contribution >= 4 is 49.9 Å². The Morgan fingerprint density at radius 1 is 0.857 bits per heavy atom. The number of hydrogen-bond acceptors (Lipinski definition) is 9. The third-order valence-corrected chi connectivity index (χ3v) is 8.46. The molecule has 1 aliphatic rings. The second-order valence-electron chi connectivity index (χ2n) is 9.01. The summed E-state index contributed by atoms with van der Waals surface area (Å²) in [5.41, 5.74) is 0.533. The van der Waals surface area contributed by atoms with Gasteiger partial charge >= 0.3 is 10.1 Å². The second-order valence-corrected chi connectivity index (χ2v) is 11.6. The van der Waals surface area contributed by atoms with E-state index in [2.05, 4.69) is 0 Å². The molecule has 0 N–H and O–H groups in total. The molecule has 4 aromatic rings. The number of thioether (sulfide) groups is 1. The minimum Gasteiger partial charge on any atom is -0.497 e. The van der Waals surface area contributed by atoms with Crippen LogP contribution in [-0.2, 0) is 14.9 Å². The topological polar surface area (TPSA) is 108 Å². The van der Waals surface area contributed by atoms with Crippen molar-refractivity contribution in [1.82, 2.24) is 4.90 Å². The number of ether oxygens (including phenoxy) is 3. The third-order valence-electron chi connectivity index (χ3n) is 6.31. The molecule has 1 aliphatic heterocycles. The van der Waals surface area contributed by atoms with Crippen molar-refractivity contribution in [2.24, 2.45) is 0 Å². The van der Waals surface area contributed by atoms with Gasteiger partial charge in [-0.15, -0.1) is 0 Å². The summed E-state index contributed by atoms with van der Waals surface area (Å²) in [6.07, 6.45) is 1.56. The number of amides is 2. The Kier molecular flexibility index (Phi) is 8.69. The Morgan fingerprint density at radius 3 is 2.38 bits per heavy atom. The van der Waals surface area contributed by atoms with Crippen LogP contribution in [0.4, 0.5) is 4.79 Å². The quantitative estimate of drug-likeness (QED) is 0.147. The van der Waals surface area contributed by atoms with E-state index in [4.69, 9.17) is 18.4 Å². The summed E-state index contributed by atoms with van der Waals surface area (Å²) in [7, 11) is -2.67. The molecule has 0 saturated carbocycles. The Bertz CT molecular complexity index is 1760. The van der Waals surface area contributed by atoms with E-state index in [9.17, 15) is 18.0 Å². The Morgan fingerprint density at radius 2 is 1.62 bits per heavy atom. The monoisotopic (exact) mass is 605 g/mol. The molecular weight excluding hydrogens is 578 g/mol. The predicted molar refractivity (Wildman–Crippen MR) is 161 cm³/mol. The number of rotatable bonds is 11. The summed E-state index contributed by atoms with van der Waals surface area (Å²) in [6.45, 7) is 2.23. The molecule has 11 heteroatoms. The van der Waals surface area contributed by atoms with Gasteiger partial charge in [0.2, 0.25) is 0 Å². The molecule has 0 aromatic heterocycles. The summed E-state index contributed by atoms with van der Waals surface area (Å²) in [4.78, 5) is 27.0. The molecule has 1 heterocycles. The van der Waals surface area contributed by atoms with Crippen LogP contribution in [0.5, 0.6) is 23.0 Å². The molecule has 0 spiro atoms. The molecule has 1 fully saturated rings. The molecule has 4 aromatic carbocycles. The fourth-order valence-electron chi connectivity index (χ4n) is 4.27. The van der Waals surface area contributed by atoms with E-state index in [0.29, 0.717) is 17.1 Å². The van der Waals surface area contributed by atoms with Gasteiger partial charge < -0.3 is 18.4 Å². The van der Waals surface area contributed by atoms with Crippen molar-refractivity contribution in [3.05, 3.63) is 95.4 Å². The molecular formula is C31H27NO8S2. The van der Waals surface area contributed by atoms with Crippen molar-refractivity contribution in [3.63, 3.8) is 0 Å². The number of nitrogens with zero attached hydrogens (tertiary/aromatic N) is 1. The molecule has 0 unspecified atom stereocenters. The lowest BCUT2D eigenvalue weighted by molar-refractivity contribution is -0.123. The van der Waals surface area contributed by atoms with E-state index < -0.39 is 21.3 Å². The van der Waals surface area contributed by atoms with Gasteiger partial charge in [0.05, 0.1) is 25.2 Å². The van der Waals surface area contributed by atoms with Gasteiger partial charge in [-0.1, -0.05) is 42.5 Å². The third kappa shape index (κ3) is 6.37. The average Bonchev–Trinajstić information content (AvgIpc) is 3.26. The molecule has 2 amide bonds. The van der Waals surface area contributed by atoms with Gasteiger partial charge in [0, 0.05) is 5.39 Å². The fourth-order valence-corrected chi connectivity index (χ4v) is 6.08. The molecule has 0 aliphatic carbocycles. The average molecular weight is 606 g/mol. The van der Waals surface area contributed by atoms with Gasteiger partial charge in [0.25, 0.3) is 11.1 Å². The number of fused-ring (bicyclic) bond motifs is 1. The van der Waals surface area contributed by atoms with E-state index in [0.717, 1.165) is 27.4 Å². The van der Waals surface area contributed by atoms with Crippen LogP contribution in [0.1, 0.15) is 12.5 Å². The maximum absolute atomic E-state index is 13.1. The number of methoxy groups -OCH3 is 1. The molecule has 5 rings (SSSR count). The zero-order chi connectivity index (χ0) is 29.7. The SMILES string of the molecule is CCOc1cc(/C=C2\SC(=O)N(CCOc3cccc4ccccc34)C2=O)ccc1OS(=O)(=O)c1ccc(OC)cc1. The van der Waals surface area contributed by atoms with Crippen molar-refractivity contribution < 1.29 is 36.4 Å². The first-order chi connectivity index (χ1) is 20.3. The van der Waals surface area contributed by atoms with Crippen molar-refractivity contribution in [2.75, 3.05) is 26.9 Å². The van der Waals surface area contributed by atoms with Crippen LogP contribution in [0.3, 0.4) is 0 Å². The molecule has 9 nitrogen and oxygen atoms in total. The first-order valence-electron chi connectivity index (χ1n) is 13.0. The minimum atomic E-state index is -4.15.